The van der Waals surface area contributed by atoms with Crippen LogP contribution in [0.5, 0.6) is 0 Å². The summed E-state index contributed by atoms with van der Waals surface area (Å²) in [4.78, 5) is 24.6. The molecule has 0 spiro atoms. The van der Waals surface area contributed by atoms with E-state index in [2.05, 4.69) is 20.2 Å². The third kappa shape index (κ3) is 5.26. The fourth-order valence-electron chi connectivity index (χ4n) is 2.78. The highest BCUT2D eigenvalue weighted by Gasteiger charge is 2.22. The number of carbonyl (C=O) groups excluding carboxylic acids is 1. The van der Waals surface area contributed by atoms with Gasteiger partial charge < -0.3 is 15.1 Å². The van der Waals surface area contributed by atoms with Gasteiger partial charge in [-0.25, -0.2) is 14.8 Å². The largest absolute Gasteiger partial charge is 0.337 e. The smallest absolute Gasteiger partial charge is 0.317 e. The van der Waals surface area contributed by atoms with Crippen LogP contribution in [-0.4, -0.2) is 63.6 Å². The summed E-state index contributed by atoms with van der Waals surface area (Å²) in [6, 6.07) is 11.4. The van der Waals surface area contributed by atoms with Crippen LogP contribution in [-0.2, 0) is 16.6 Å². The second kappa shape index (κ2) is 9.28. The van der Waals surface area contributed by atoms with Crippen molar-refractivity contribution in [3.8, 4) is 0 Å². The number of piperazine rings is 1. The van der Waals surface area contributed by atoms with Crippen molar-refractivity contribution in [1.29, 1.82) is 0 Å². The van der Waals surface area contributed by atoms with Crippen molar-refractivity contribution in [2.75, 3.05) is 43.4 Å². The zero-order valence-electron chi connectivity index (χ0n) is 14.6. The summed E-state index contributed by atoms with van der Waals surface area (Å²) in [5.74, 6) is 1.68. The van der Waals surface area contributed by atoms with Gasteiger partial charge in [0.25, 0.3) is 0 Å². The Morgan fingerprint density at radius 2 is 1.73 bits per heavy atom. The Morgan fingerprint density at radius 3 is 2.42 bits per heavy atom. The Bertz CT molecular complexity index is 721. The summed E-state index contributed by atoms with van der Waals surface area (Å²) in [7, 11) is -0.981. The van der Waals surface area contributed by atoms with E-state index in [1.807, 2.05) is 30.3 Å². The molecule has 1 aromatic heterocycles. The Kier molecular flexibility index (Phi) is 6.54. The molecular formula is C18H23N5O2S. The van der Waals surface area contributed by atoms with Gasteiger partial charge in [0.1, 0.15) is 0 Å². The molecular weight excluding hydrogens is 350 g/mol. The van der Waals surface area contributed by atoms with Crippen LogP contribution in [0.1, 0.15) is 5.56 Å². The molecule has 7 nitrogen and oxygen atoms in total. The van der Waals surface area contributed by atoms with E-state index in [9.17, 15) is 9.00 Å². The summed E-state index contributed by atoms with van der Waals surface area (Å²) in [6.07, 6.45) is 3.44. The molecule has 1 N–H and O–H groups in total. The molecule has 1 aromatic carbocycles. The average Bonchev–Trinajstić information content (AvgIpc) is 2.69. The van der Waals surface area contributed by atoms with Gasteiger partial charge in [-0.3, -0.25) is 4.21 Å². The molecule has 26 heavy (non-hydrogen) atoms. The van der Waals surface area contributed by atoms with Crippen LogP contribution in [0.4, 0.5) is 10.7 Å². The number of rotatable bonds is 6. The number of anilines is 1. The third-order valence-electron chi connectivity index (χ3n) is 4.18. The van der Waals surface area contributed by atoms with Crippen LogP contribution in [0.2, 0.25) is 0 Å². The van der Waals surface area contributed by atoms with Crippen molar-refractivity contribution in [3.05, 3.63) is 54.4 Å². The zero-order chi connectivity index (χ0) is 18.2. The molecule has 3 rings (SSSR count). The summed E-state index contributed by atoms with van der Waals surface area (Å²) in [6.45, 7) is 3.07. The Labute approximate surface area is 155 Å². The molecule has 0 bridgehead atoms. The van der Waals surface area contributed by atoms with E-state index in [0.717, 1.165) is 5.56 Å². The Hall–Kier alpha value is -2.48. The van der Waals surface area contributed by atoms with E-state index in [1.54, 1.807) is 23.4 Å². The van der Waals surface area contributed by atoms with Gasteiger partial charge in [0.2, 0.25) is 5.95 Å². The lowest BCUT2D eigenvalue weighted by Gasteiger charge is -2.34. The molecule has 0 radical (unpaired) electrons. The van der Waals surface area contributed by atoms with Crippen LogP contribution in [0.25, 0.3) is 0 Å². The normalized spacial score (nSPS) is 15.5. The van der Waals surface area contributed by atoms with Gasteiger partial charge in [-0.15, -0.1) is 0 Å². The van der Waals surface area contributed by atoms with Crippen LogP contribution in [0, 0.1) is 0 Å². The van der Waals surface area contributed by atoms with Crippen LogP contribution in [0.3, 0.4) is 0 Å². The molecule has 1 unspecified atom stereocenters. The first kappa shape index (κ1) is 18.3. The number of benzene rings is 1. The highest BCUT2D eigenvalue weighted by molar-refractivity contribution is 7.84. The minimum Gasteiger partial charge on any atom is -0.337 e. The first-order valence-corrected chi connectivity index (χ1v) is 10.1. The van der Waals surface area contributed by atoms with E-state index in [-0.39, 0.29) is 6.03 Å². The predicted molar refractivity (Wildman–Crippen MR) is 102 cm³/mol. The topological polar surface area (TPSA) is 78.4 Å². The van der Waals surface area contributed by atoms with Gasteiger partial charge in [-0.2, -0.15) is 0 Å². The maximum Gasteiger partial charge on any atom is 0.317 e. The van der Waals surface area contributed by atoms with Gasteiger partial charge in [0.05, 0.1) is 0 Å². The first-order valence-electron chi connectivity index (χ1n) is 8.66. The van der Waals surface area contributed by atoms with Crippen molar-refractivity contribution in [2.45, 2.75) is 5.75 Å². The number of urea groups is 1. The van der Waals surface area contributed by atoms with Gasteiger partial charge in [-0.05, 0) is 11.6 Å². The molecule has 1 saturated heterocycles. The van der Waals surface area contributed by atoms with Gasteiger partial charge in [-0.1, -0.05) is 30.3 Å². The molecule has 8 heteroatoms. The fraction of sp³-hybridized carbons (Fsp3) is 0.389. The summed E-state index contributed by atoms with van der Waals surface area (Å²) in [5, 5.41) is 2.87. The van der Waals surface area contributed by atoms with Gasteiger partial charge in [0.15, 0.2) is 0 Å². The van der Waals surface area contributed by atoms with E-state index in [4.69, 9.17) is 0 Å². The number of nitrogens with zero attached hydrogens (tertiary/aromatic N) is 4. The molecule has 138 valence electrons. The van der Waals surface area contributed by atoms with E-state index >= 15 is 0 Å². The molecule has 0 aliphatic carbocycles. The quantitative estimate of drug-likeness (QED) is 0.825. The van der Waals surface area contributed by atoms with Gasteiger partial charge in [0, 0.05) is 67.4 Å². The predicted octanol–water partition coefficient (Wildman–Crippen LogP) is 1.26. The van der Waals surface area contributed by atoms with Crippen LogP contribution in [0.15, 0.2) is 48.8 Å². The number of aromatic nitrogens is 2. The number of carbonyl (C=O) groups is 1. The maximum absolute atomic E-state index is 12.2. The minimum absolute atomic E-state index is 0.102. The van der Waals surface area contributed by atoms with Gasteiger partial charge >= 0.3 is 6.03 Å². The monoisotopic (exact) mass is 373 g/mol. The molecule has 2 amide bonds. The number of amides is 2. The molecule has 2 aromatic rings. The van der Waals surface area contributed by atoms with E-state index in [1.165, 1.54) is 0 Å². The zero-order valence-corrected chi connectivity index (χ0v) is 15.4. The fourth-order valence-corrected chi connectivity index (χ4v) is 3.82. The number of hydrogen-bond acceptors (Lipinski definition) is 5. The minimum atomic E-state index is -0.981. The third-order valence-corrected chi connectivity index (χ3v) is 5.49. The average molecular weight is 373 g/mol. The van der Waals surface area contributed by atoms with Crippen molar-refractivity contribution >= 4 is 22.8 Å². The van der Waals surface area contributed by atoms with Crippen molar-refractivity contribution < 1.29 is 9.00 Å². The summed E-state index contributed by atoms with van der Waals surface area (Å²) >= 11 is 0. The number of nitrogens with one attached hydrogen (secondary N) is 1. The van der Waals surface area contributed by atoms with Crippen LogP contribution >= 0.6 is 0 Å². The standard InChI is InChI=1S/C18H23N5O2S/c24-18(21-9-14-26(25)15-16-5-2-1-3-6-16)23-12-10-22(11-13-23)17-19-7-4-8-20-17/h1-8H,9-15H2,(H,21,24). The lowest BCUT2D eigenvalue weighted by molar-refractivity contribution is 0.195. The maximum atomic E-state index is 12.2. The lowest BCUT2D eigenvalue weighted by atomic mass is 10.2. The van der Waals surface area contributed by atoms with E-state index < -0.39 is 10.8 Å². The SMILES string of the molecule is O=C(NCCS(=O)Cc1ccccc1)N1CCN(c2ncccn2)CC1. The molecule has 0 saturated carbocycles. The van der Waals surface area contributed by atoms with Crippen molar-refractivity contribution in [1.82, 2.24) is 20.2 Å². The lowest BCUT2D eigenvalue weighted by Crippen LogP contribution is -2.52. The molecule has 1 fully saturated rings. The highest BCUT2D eigenvalue weighted by Crippen LogP contribution is 2.09. The molecule has 1 aliphatic heterocycles. The van der Waals surface area contributed by atoms with E-state index in [0.29, 0.717) is 50.2 Å². The van der Waals surface area contributed by atoms with Crippen molar-refractivity contribution in [3.63, 3.8) is 0 Å². The Morgan fingerprint density at radius 1 is 1.04 bits per heavy atom. The number of hydrogen-bond donors (Lipinski definition) is 1. The highest BCUT2D eigenvalue weighted by atomic mass is 32.2. The molecule has 1 atom stereocenters. The second-order valence-corrected chi connectivity index (χ2v) is 7.61. The van der Waals surface area contributed by atoms with Crippen LogP contribution < -0.4 is 10.2 Å². The molecule has 2 heterocycles. The first-order chi connectivity index (χ1) is 12.7. The summed E-state index contributed by atoms with van der Waals surface area (Å²) in [5.41, 5.74) is 1.05. The summed E-state index contributed by atoms with van der Waals surface area (Å²) < 4.78 is 12.1. The second-order valence-electron chi connectivity index (χ2n) is 6.03. The molecule has 1 aliphatic rings. The Balaban J connectivity index is 1.36. The van der Waals surface area contributed by atoms with Crippen molar-refractivity contribution in [2.24, 2.45) is 0 Å².